The first kappa shape index (κ1) is 48.9. The van der Waals surface area contributed by atoms with Crippen LogP contribution in [-0.2, 0) is 43.2 Å². The Labute approximate surface area is 325 Å². The number of hydroxylamine groups is 2. The van der Waals surface area contributed by atoms with Crippen LogP contribution in [0.4, 0.5) is 0 Å². The highest BCUT2D eigenvalue weighted by molar-refractivity contribution is 6.01. The molecule has 0 aromatic heterocycles. The maximum atomic E-state index is 13.6. The molecule has 17 heteroatoms. The lowest BCUT2D eigenvalue weighted by molar-refractivity contribution is -0.199. The summed E-state index contributed by atoms with van der Waals surface area (Å²) in [5, 5.41) is 35.8. The number of hydrogen-bond donors (Lipinski definition) is 7. The van der Waals surface area contributed by atoms with E-state index in [0.717, 1.165) is 0 Å². The summed E-state index contributed by atoms with van der Waals surface area (Å²) in [5.74, 6) is -5.73. The third-order valence-corrected chi connectivity index (χ3v) is 8.88. The summed E-state index contributed by atoms with van der Waals surface area (Å²) in [5.41, 5.74) is 0. The van der Waals surface area contributed by atoms with E-state index in [1.807, 2.05) is 41.5 Å². The van der Waals surface area contributed by atoms with Crippen molar-refractivity contribution in [2.75, 3.05) is 0 Å². The Morgan fingerprint density at radius 2 is 0.982 bits per heavy atom. The Morgan fingerprint density at radius 3 is 1.44 bits per heavy atom. The first-order chi connectivity index (χ1) is 25.4. The van der Waals surface area contributed by atoms with Gasteiger partial charge in [-0.2, -0.15) is 0 Å². The van der Waals surface area contributed by atoms with Crippen LogP contribution in [0.15, 0.2) is 0 Å². The number of amides is 7. The van der Waals surface area contributed by atoms with Crippen molar-refractivity contribution in [2.24, 2.45) is 29.6 Å². The topological polar surface area (TPSA) is 250 Å². The highest BCUT2D eigenvalue weighted by Crippen LogP contribution is 2.17. The number of aliphatic hydroxyl groups is 2. The normalized spacial score (nSPS) is 17.1. The van der Waals surface area contributed by atoms with Crippen LogP contribution >= 0.6 is 0 Å². The van der Waals surface area contributed by atoms with E-state index in [0.29, 0.717) is 5.06 Å². The van der Waals surface area contributed by atoms with Crippen LogP contribution in [0.3, 0.4) is 0 Å². The van der Waals surface area contributed by atoms with E-state index in [9.17, 15) is 48.6 Å². The number of imide groups is 1. The van der Waals surface area contributed by atoms with Gasteiger partial charge in [0.25, 0.3) is 11.8 Å². The van der Waals surface area contributed by atoms with Crippen molar-refractivity contribution >= 4 is 47.3 Å². The molecule has 7 atom stereocenters. The average molecular weight is 783 g/mol. The quantitative estimate of drug-likeness (QED) is 0.0720. The van der Waals surface area contributed by atoms with E-state index in [1.165, 1.54) is 6.92 Å². The number of rotatable bonds is 23. The van der Waals surface area contributed by atoms with Crippen LogP contribution in [0.2, 0.25) is 0 Å². The highest BCUT2D eigenvalue weighted by atomic mass is 16.7. The molecule has 7 amide bonds. The number of aliphatic hydroxyl groups excluding tert-OH is 2. The molecular formula is C38H66N6O11. The van der Waals surface area contributed by atoms with E-state index in [4.69, 9.17) is 4.84 Å². The lowest BCUT2D eigenvalue weighted by Crippen LogP contribution is -2.59. The zero-order chi connectivity index (χ0) is 42.3. The van der Waals surface area contributed by atoms with Gasteiger partial charge in [-0.05, 0) is 49.4 Å². The molecule has 1 rings (SSSR count). The molecule has 1 aliphatic rings. The number of nitrogens with one attached hydrogen (secondary N) is 5. The van der Waals surface area contributed by atoms with E-state index in [1.54, 1.807) is 27.7 Å². The standard InChI is InChI=1S/C38H66N6O11/c1-19(2)14-25(41-37(53)35(23(9)10)43-38(54)34(22(7)8)42-29(47)16-21(5)6)27(45)17-30(48)39-24(11)36(52)40-26(15-20(3)4)28(46)18-33(51)55-44-31(49)12-13-32(44)50/h19-28,34-35,45-46H,12-18H2,1-11H3,(H,39,48)(H,40,52)(H,41,53)(H,42,47)(H,43,54)/t24-,25?,26-,27-,28-,34-,35+/m1/s1. The van der Waals surface area contributed by atoms with Gasteiger partial charge in [0.2, 0.25) is 29.5 Å². The molecule has 1 aliphatic heterocycles. The molecule has 0 spiro atoms. The Kier molecular flexibility index (Phi) is 20.5. The summed E-state index contributed by atoms with van der Waals surface area (Å²) in [6.07, 6.45) is -3.35. The number of carbonyl (C=O) groups excluding carboxylic acids is 8. The first-order valence-electron chi connectivity index (χ1n) is 19.4. The summed E-state index contributed by atoms with van der Waals surface area (Å²) < 4.78 is 0. The Morgan fingerprint density at radius 1 is 0.564 bits per heavy atom. The van der Waals surface area contributed by atoms with Gasteiger partial charge in [-0.25, -0.2) is 4.79 Å². The molecule has 314 valence electrons. The van der Waals surface area contributed by atoms with Gasteiger partial charge in [-0.1, -0.05) is 69.2 Å². The number of nitrogens with zero attached hydrogens (tertiary/aromatic N) is 1. The lowest BCUT2D eigenvalue weighted by atomic mass is 9.95. The van der Waals surface area contributed by atoms with E-state index >= 15 is 0 Å². The predicted molar refractivity (Wildman–Crippen MR) is 202 cm³/mol. The third-order valence-electron chi connectivity index (χ3n) is 8.88. The first-order valence-corrected chi connectivity index (χ1v) is 19.4. The van der Waals surface area contributed by atoms with Gasteiger partial charge in [0.1, 0.15) is 18.1 Å². The molecule has 0 aliphatic carbocycles. The van der Waals surface area contributed by atoms with E-state index < -0.39 is 96.7 Å². The molecule has 1 unspecified atom stereocenters. The lowest BCUT2D eigenvalue weighted by Gasteiger charge is -2.31. The molecule has 0 bridgehead atoms. The molecule has 17 nitrogen and oxygen atoms in total. The van der Waals surface area contributed by atoms with Crippen molar-refractivity contribution in [3.63, 3.8) is 0 Å². The maximum Gasteiger partial charge on any atom is 0.335 e. The average Bonchev–Trinajstić information content (AvgIpc) is 3.35. The van der Waals surface area contributed by atoms with Crippen molar-refractivity contribution in [3.8, 4) is 0 Å². The minimum absolute atomic E-state index is 0.0146. The Bertz CT molecular complexity index is 1340. The molecule has 1 fully saturated rings. The van der Waals surface area contributed by atoms with Gasteiger partial charge in [-0.3, -0.25) is 33.6 Å². The van der Waals surface area contributed by atoms with Gasteiger partial charge < -0.3 is 41.6 Å². The van der Waals surface area contributed by atoms with Crippen molar-refractivity contribution in [3.05, 3.63) is 0 Å². The largest absolute Gasteiger partial charge is 0.390 e. The van der Waals surface area contributed by atoms with Crippen molar-refractivity contribution in [1.29, 1.82) is 0 Å². The van der Waals surface area contributed by atoms with E-state index in [2.05, 4.69) is 26.6 Å². The minimum atomic E-state index is -1.45. The zero-order valence-corrected chi connectivity index (χ0v) is 34.4. The van der Waals surface area contributed by atoms with Crippen LogP contribution in [-0.4, -0.2) is 105 Å². The fraction of sp³-hybridized carbons (Fsp3) is 0.789. The smallest absolute Gasteiger partial charge is 0.335 e. The van der Waals surface area contributed by atoms with Gasteiger partial charge in [-0.15, -0.1) is 5.06 Å². The van der Waals surface area contributed by atoms with Crippen LogP contribution in [0.1, 0.15) is 121 Å². The van der Waals surface area contributed by atoms with Crippen LogP contribution in [0.5, 0.6) is 0 Å². The van der Waals surface area contributed by atoms with E-state index in [-0.39, 0.29) is 67.6 Å². The maximum absolute atomic E-state index is 13.6. The second kappa shape index (κ2) is 23.1. The van der Waals surface area contributed by atoms with Gasteiger partial charge in [0.05, 0.1) is 37.1 Å². The fourth-order valence-corrected chi connectivity index (χ4v) is 5.94. The molecule has 0 aromatic rings. The fourth-order valence-electron chi connectivity index (χ4n) is 5.94. The summed E-state index contributed by atoms with van der Waals surface area (Å²) in [6.45, 7) is 19.7. The van der Waals surface area contributed by atoms with Gasteiger partial charge in [0, 0.05) is 19.3 Å². The molecular weight excluding hydrogens is 716 g/mol. The molecule has 0 aromatic carbocycles. The van der Waals surface area contributed by atoms with Crippen molar-refractivity contribution < 1.29 is 53.4 Å². The molecule has 0 radical (unpaired) electrons. The minimum Gasteiger partial charge on any atom is -0.390 e. The molecule has 7 N–H and O–H groups in total. The summed E-state index contributed by atoms with van der Waals surface area (Å²) in [6, 6.07) is -4.89. The highest BCUT2D eigenvalue weighted by Gasteiger charge is 2.36. The number of carbonyl (C=O) groups is 8. The van der Waals surface area contributed by atoms with Gasteiger partial charge in [0.15, 0.2) is 0 Å². The van der Waals surface area contributed by atoms with Crippen molar-refractivity contribution in [1.82, 2.24) is 31.6 Å². The summed E-state index contributed by atoms with van der Waals surface area (Å²) in [4.78, 5) is 106. The van der Waals surface area contributed by atoms with Crippen molar-refractivity contribution in [2.45, 2.75) is 164 Å². The Hall–Kier alpha value is -4.12. The monoisotopic (exact) mass is 782 g/mol. The van der Waals surface area contributed by atoms with Crippen LogP contribution in [0, 0.1) is 29.6 Å². The van der Waals surface area contributed by atoms with Crippen LogP contribution < -0.4 is 26.6 Å². The second-order valence-electron chi connectivity index (χ2n) is 16.5. The predicted octanol–water partition coefficient (Wildman–Crippen LogP) is 0.990. The zero-order valence-electron chi connectivity index (χ0n) is 34.4. The molecule has 1 heterocycles. The SMILES string of the molecule is CC(C)CC(=O)N[C@@H](C(=O)N[C@H](C(=O)NC(CC(C)C)[C@H](O)CC(=O)N[C@H](C)C(=O)N[C@H](CC(C)C)[C@H](O)CC(=O)ON1C(=O)CCC1=O)C(C)C)C(C)C. The van der Waals surface area contributed by atoms with Gasteiger partial charge >= 0.3 is 5.97 Å². The second-order valence-corrected chi connectivity index (χ2v) is 16.5. The van der Waals surface area contributed by atoms with Crippen LogP contribution in [0.25, 0.3) is 0 Å². The number of hydrogen-bond acceptors (Lipinski definition) is 11. The Balaban J connectivity index is 2.93. The molecule has 0 saturated carbocycles. The molecule has 55 heavy (non-hydrogen) atoms. The summed E-state index contributed by atoms with van der Waals surface area (Å²) >= 11 is 0. The molecule has 1 saturated heterocycles. The summed E-state index contributed by atoms with van der Waals surface area (Å²) in [7, 11) is 0. The third kappa shape index (κ3) is 17.5.